The van der Waals surface area contributed by atoms with Gasteiger partial charge in [0.2, 0.25) is 0 Å². The van der Waals surface area contributed by atoms with Crippen LogP contribution in [0, 0.1) is 6.92 Å². The number of nitrogens with one attached hydrogen (secondary N) is 2. The van der Waals surface area contributed by atoms with Gasteiger partial charge in [-0.3, -0.25) is 0 Å². The summed E-state index contributed by atoms with van der Waals surface area (Å²) in [5.41, 5.74) is 1.03. The Morgan fingerprint density at radius 1 is 1.33 bits per heavy atom. The number of hydrogen-bond acceptors (Lipinski definition) is 2. The van der Waals surface area contributed by atoms with E-state index in [4.69, 9.17) is 28.3 Å². The number of unbranched alkanes of at least 4 members (excludes halogenated alkanes) is 1. The maximum atomic E-state index is 11.9. The smallest absolute Gasteiger partial charge is 0.326 e. The third-order valence-corrected chi connectivity index (χ3v) is 3.77. The average molecular weight is 333 g/mol. The van der Waals surface area contributed by atoms with E-state index >= 15 is 0 Å². The number of anilines is 1. The zero-order valence-corrected chi connectivity index (χ0v) is 13.4. The molecule has 0 aliphatic carbocycles. The van der Waals surface area contributed by atoms with Gasteiger partial charge in [0.25, 0.3) is 0 Å². The van der Waals surface area contributed by atoms with E-state index in [0.717, 1.165) is 12.0 Å². The predicted octanol–water partition coefficient (Wildman–Crippen LogP) is 4.07. The number of halogens is 2. The summed E-state index contributed by atoms with van der Waals surface area (Å²) in [6.45, 7) is 3.73. The largest absolute Gasteiger partial charge is 0.480 e. The fourth-order valence-electron chi connectivity index (χ4n) is 1.74. The van der Waals surface area contributed by atoms with Gasteiger partial charge in [-0.05, 0) is 25.0 Å². The molecule has 0 aliphatic rings. The monoisotopic (exact) mass is 332 g/mol. The molecule has 1 aromatic carbocycles. The number of carboxylic acids is 1. The molecular formula is C14H18Cl2N2O3. The van der Waals surface area contributed by atoms with Crippen LogP contribution < -0.4 is 10.6 Å². The van der Waals surface area contributed by atoms with Gasteiger partial charge in [-0.2, -0.15) is 0 Å². The molecule has 2 amide bonds. The molecule has 1 unspecified atom stereocenters. The van der Waals surface area contributed by atoms with E-state index in [1.54, 1.807) is 19.1 Å². The SMILES string of the molecule is CCCCC(NC(=O)Nc1c(Cl)ccc(C)c1Cl)C(=O)O. The summed E-state index contributed by atoms with van der Waals surface area (Å²) in [5.74, 6) is -1.07. The number of amides is 2. The van der Waals surface area contributed by atoms with Crippen molar-refractivity contribution in [2.24, 2.45) is 0 Å². The van der Waals surface area contributed by atoms with Crippen LogP contribution in [-0.4, -0.2) is 23.1 Å². The van der Waals surface area contributed by atoms with Crippen LogP contribution in [0.5, 0.6) is 0 Å². The summed E-state index contributed by atoms with van der Waals surface area (Å²) in [6.07, 6.45) is 1.93. The number of benzene rings is 1. The second-order valence-corrected chi connectivity index (χ2v) is 5.47. The molecule has 0 aliphatic heterocycles. The molecule has 0 fully saturated rings. The molecule has 21 heavy (non-hydrogen) atoms. The van der Waals surface area contributed by atoms with E-state index in [2.05, 4.69) is 10.6 Å². The molecular weight excluding hydrogens is 315 g/mol. The zero-order valence-electron chi connectivity index (χ0n) is 11.9. The Balaban J connectivity index is 2.77. The van der Waals surface area contributed by atoms with Gasteiger partial charge in [0, 0.05) is 0 Å². The van der Waals surface area contributed by atoms with Gasteiger partial charge < -0.3 is 15.7 Å². The van der Waals surface area contributed by atoms with Crippen molar-refractivity contribution in [1.29, 1.82) is 0 Å². The Labute approximate surface area is 133 Å². The summed E-state index contributed by atoms with van der Waals surface area (Å²) in [4.78, 5) is 23.0. The molecule has 0 spiro atoms. The number of aliphatic carboxylic acids is 1. The van der Waals surface area contributed by atoms with Gasteiger partial charge in [-0.1, -0.05) is 49.0 Å². The lowest BCUT2D eigenvalue weighted by atomic mass is 10.1. The van der Waals surface area contributed by atoms with Crippen molar-refractivity contribution in [1.82, 2.24) is 5.32 Å². The Kier molecular flexibility index (Phi) is 6.78. The van der Waals surface area contributed by atoms with Gasteiger partial charge in [-0.25, -0.2) is 9.59 Å². The molecule has 7 heteroatoms. The maximum Gasteiger partial charge on any atom is 0.326 e. The highest BCUT2D eigenvalue weighted by molar-refractivity contribution is 6.40. The third kappa shape index (κ3) is 5.10. The van der Waals surface area contributed by atoms with E-state index in [1.807, 2.05) is 6.92 Å². The molecule has 1 rings (SSSR count). The first-order valence-electron chi connectivity index (χ1n) is 6.61. The molecule has 3 N–H and O–H groups in total. The average Bonchev–Trinajstić information content (AvgIpc) is 2.43. The number of carbonyl (C=O) groups excluding carboxylic acids is 1. The minimum Gasteiger partial charge on any atom is -0.480 e. The van der Waals surface area contributed by atoms with Gasteiger partial charge in [-0.15, -0.1) is 0 Å². The number of carboxylic acid groups (broad SMARTS) is 1. The van der Waals surface area contributed by atoms with Crippen LogP contribution in [0.1, 0.15) is 31.7 Å². The highest BCUT2D eigenvalue weighted by atomic mass is 35.5. The summed E-state index contributed by atoms with van der Waals surface area (Å²) in [5, 5.41) is 14.6. The summed E-state index contributed by atoms with van der Waals surface area (Å²) >= 11 is 12.1. The Morgan fingerprint density at radius 3 is 2.57 bits per heavy atom. The Bertz CT molecular complexity index is 535. The lowest BCUT2D eigenvalue weighted by Crippen LogP contribution is -2.43. The Morgan fingerprint density at radius 2 is 2.00 bits per heavy atom. The van der Waals surface area contributed by atoms with E-state index in [1.165, 1.54) is 0 Å². The normalized spacial score (nSPS) is 11.8. The van der Waals surface area contributed by atoms with Crippen molar-refractivity contribution < 1.29 is 14.7 Å². The molecule has 0 saturated heterocycles. The summed E-state index contributed by atoms with van der Waals surface area (Å²) in [6, 6.07) is 1.76. The third-order valence-electron chi connectivity index (χ3n) is 2.97. The molecule has 0 saturated carbocycles. The highest BCUT2D eigenvalue weighted by Gasteiger charge is 2.20. The van der Waals surface area contributed by atoms with Crippen LogP contribution in [0.3, 0.4) is 0 Å². The quantitative estimate of drug-likeness (QED) is 0.734. The number of urea groups is 1. The molecule has 116 valence electrons. The Hall–Kier alpha value is -1.46. The van der Waals surface area contributed by atoms with E-state index < -0.39 is 18.0 Å². The lowest BCUT2D eigenvalue weighted by molar-refractivity contribution is -0.139. The van der Waals surface area contributed by atoms with Crippen molar-refractivity contribution in [3.05, 3.63) is 27.7 Å². The second-order valence-electron chi connectivity index (χ2n) is 4.68. The van der Waals surface area contributed by atoms with Crippen LogP contribution in [0.2, 0.25) is 10.0 Å². The van der Waals surface area contributed by atoms with E-state index in [0.29, 0.717) is 22.9 Å². The molecule has 0 bridgehead atoms. The lowest BCUT2D eigenvalue weighted by Gasteiger charge is -2.16. The number of rotatable bonds is 6. The maximum absolute atomic E-state index is 11.9. The highest BCUT2D eigenvalue weighted by Crippen LogP contribution is 2.32. The molecule has 0 radical (unpaired) electrons. The predicted molar refractivity (Wildman–Crippen MR) is 84.3 cm³/mol. The summed E-state index contributed by atoms with van der Waals surface area (Å²) in [7, 11) is 0. The van der Waals surface area contributed by atoms with Crippen molar-refractivity contribution >= 4 is 40.9 Å². The molecule has 0 heterocycles. The first-order valence-corrected chi connectivity index (χ1v) is 7.37. The topological polar surface area (TPSA) is 78.4 Å². The van der Waals surface area contributed by atoms with Crippen molar-refractivity contribution in [2.45, 2.75) is 39.2 Å². The van der Waals surface area contributed by atoms with Crippen LogP contribution in [0.4, 0.5) is 10.5 Å². The zero-order chi connectivity index (χ0) is 16.0. The molecule has 1 atom stereocenters. The van der Waals surface area contributed by atoms with Gasteiger partial charge in [0.1, 0.15) is 6.04 Å². The van der Waals surface area contributed by atoms with Crippen LogP contribution >= 0.6 is 23.2 Å². The fraction of sp³-hybridized carbons (Fsp3) is 0.429. The van der Waals surface area contributed by atoms with Crippen LogP contribution in [0.25, 0.3) is 0 Å². The second kappa shape index (κ2) is 8.10. The van der Waals surface area contributed by atoms with Crippen LogP contribution in [0.15, 0.2) is 12.1 Å². The van der Waals surface area contributed by atoms with E-state index in [-0.39, 0.29) is 5.69 Å². The number of aryl methyl sites for hydroxylation is 1. The number of hydrogen-bond donors (Lipinski definition) is 3. The van der Waals surface area contributed by atoms with Gasteiger partial charge in [0.15, 0.2) is 0 Å². The summed E-state index contributed by atoms with van der Waals surface area (Å²) < 4.78 is 0. The minimum atomic E-state index is -1.07. The first kappa shape index (κ1) is 17.6. The van der Waals surface area contributed by atoms with E-state index in [9.17, 15) is 9.59 Å². The van der Waals surface area contributed by atoms with Crippen LogP contribution in [-0.2, 0) is 4.79 Å². The number of carbonyl (C=O) groups is 2. The molecule has 0 aromatic heterocycles. The van der Waals surface area contributed by atoms with Gasteiger partial charge >= 0.3 is 12.0 Å². The fourth-order valence-corrected chi connectivity index (χ4v) is 2.21. The minimum absolute atomic E-state index is 0.274. The molecule has 5 nitrogen and oxygen atoms in total. The molecule has 1 aromatic rings. The standard InChI is InChI=1S/C14H18Cl2N2O3/c1-3-4-5-10(13(19)20)17-14(21)18-12-9(15)7-6-8(2)11(12)16/h6-7,10H,3-5H2,1-2H3,(H,19,20)(H2,17,18,21). The first-order chi connectivity index (χ1) is 9.86. The van der Waals surface area contributed by atoms with Crippen molar-refractivity contribution in [2.75, 3.05) is 5.32 Å². The van der Waals surface area contributed by atoms with Crippen molar-refractivity contribution in [3.63, 3.8) is 0 Å². The van der Waals surface area contributed by atoms with Gasteiger partial charge in [0.05, 0.1) is 15.7 Å². The van der Waals surface area contributed by atoms with Crippen molar-refractivity contribution in [3.8, 4) is 0 Å².